The topological polar surface area (TPSA) is 114 Å². The minimum Gasteiger partial charge on any atom is -0.491 e. The van der Waals surface area contributed by atoms with Gasteiger partial charge < -0.3 is 20.5 Å². The molecular weight excluding hydrogens is 419 g/mol. The van der Waals surface area contributed by atoms with E-state index in [4.69, 9.17) is 16.3 Å². The quantitative estimate of drug-likeness (QED) is 0.453. The Hall–Kier alpha value is -3.05. The summed E-state index contributed by atoms with van der Waals surface area (Å²) >= 11 is 5.85. The summed E-state index contributed by atoms with van der Waals surface area (Å²) in [7, 11) is 0. The smallest absolute Gasteiger partial charge is 0.416 e. The maximum atomic E-state index is 12.6. The lowest BCUT2D eigenvalue weighted by molar-refractivity contribution is -0.384. The second-order valence-electron chi connectivity index (χ2n) is 5.75. The number of nitrogens with zero attached hydrogens (tertiary/aromatic N) is 1. The summed E-state index contributed by atoms with van der Waals surface area (Å²) < 4.78 is 43.0. The summed E-state index contributed by atoms with van der Waals surface area (Å²) in [6.07, 6.45) is -5.72. The summed E-state index contributed by atoms with van der Waals surface area (Å²) in [5.41, 5.74) is -1.02. The number of non-ortho nitro benzene ring substituents is 1. The first-order chi connectivity index (χ1) is 13.6. The van der Waals surface area contributed by atoms with E-state index < -0.39 is 28.8 Å². The number of halogens is 4. The van der Waals surface area contributed by atoms with Gasteiger partial charge in [-0.25, -0.2) is 4.79 Å². The molecule has 2 amide bonds. The van der Waals surface area contributed by atoms with Crippen molar-refractivity contribution in [1.82, 2.24) is 5.32 Å². The Labute approximate surface area is 167 Å². The molecule has 0 aliphatic heterocycles. The molecule has 1 unspecified atom stereocenters. The van der Waals surface area contributed by atoms with Crippen molar-refractivity contribution in [3.63, 3.8) is 0 Å². The average molecular weight is 434 g/mol. The number of aliphatic hydroxyl groups is 1. The number of rotatable bonds is 7. The number of carbonyl (C=O) groups excluding carboxylic acids is 1. The highest BCUT2D eigenvalue weighted by molar-refractivity contribution is 6.33. The SMILES string of the molecule is O=C(NCC(O)COc1cccc(C(F)(F)F)c1)Nc1ccc([N+](=O)[O-])cc1Cl. The lowest BCUT2D eigenvalue weighted by Gasteiger charge is -2.15. The number of amides is 2. The lowest BCUT2D eigenvalue weighted by atomic mass is 10.2. The van der Waals surface area contributed by atoms with E-state index in [9.17, 15) is 33.2 Å². The number of anilines is 1. The standard InChI is InChI=1S/C17H15ClF3N3O5/c18-14-7-11(24(27)28)4-5-15(14)23-16(26)22-8-12(25)9-29-13-3-1-2-10(6-13)17(19,20)21/h1-7,12,25H,8-9H2,(H2,22,23,26). The van der Waals surface area contributed by atoms with E-state index in [1.54, 1.807) is 0 Å². The Morgan fingerprint density at radius 1 is 1.28 bits per heavy atom. The van der Waals surface area contributed by atoms with Gasteiger partial charge in [-0.15, -0.1) is 0 Å². The Balaban J connectivity index is 1.81. The second-order valence-corrected chi connectivity index (χ2v) is 6.15. The fraction of sp³-hybridized carbons (Fsp3) is 0.235. The molecule has 0 spiro atoms. The number of hydrogen-bond donors (Lipinski definition) is 3. The van der Waals surface area contributed by atoms with Gasteiger partial charge in [-0.1, -0.05) is 17.7 Å². The van der Waals surface area contributed by atoms with Gasteiger partial charge in [-0.3, -0.25) is 10.1 Å². The largest absolute Gasteiger partial charge is 0.491 e. The Bertz CT molecular complexity index is 895. The van der Waals surface area contributed by atoms with Gasteiger partial charge in [0.05, 0.1) is 21.2 Å². The molecular formula is C17H15ClF3N3O5. The van der Waals surface area contributed by atoms with Crippen molar-refractivity contribution in [2.45, 2.75) is 12.3 Å². The zero-order valence-electron chi connectivity index (χ0n) is 14.6. The lowest BCUT2D eigenvalue weighted by Crippen LogP contribution is -2.37. The Kier molecular flexibility index (Phi) is 7.23. The highest BCUT2D eigenvalue weighted by atomic mass is 35.5. The molecule has 0 saturated carbocycles. The average Bonchev–Trinajstić information content (AvgIpc) is 2.65. The molecule has 2 aromatic carbocycles. The fourth-order valence-corrected chi connectivity index (χ4v) is 2.33. The first-order valence-electron chi connectivity index (χ1n) is 8.03. The molecule has 0 fully saturated rings. The van der Waals surface area contributed by atoms with Crippen molar-refractivity contribution in [2.75, 3.05) is 18.5 Å². The molecule has 2 aromatic rings. The monoisotopic (exact) mass is 433 g/mol. The molecule has 0 radical (unpaired) electrons. The summed E-state index contributed by atoms with van der Waals surface area (Å²) in [5.74, 6) is -0.0824. The third kappa shape index (κ3) is 6.80. The van der Waals surface area contributed by atoms with Gasteiger partial charge in [0.1, 0.15) is 18.5 Å². The predicted molar refractivity (Wildman–Crippen MR) is 98.1 cm³/mol. The third-order valence-corrected chi connectivity index (χ3v) is 3.83. The van der Waals surface area contributed by atoms with Crippen LogP contribution in [0.2, 0.25) is 5.02 Å². The van der Waals surface area contributed by atoms with Crippen LogP contribution in [0.4, 0.5) is 29.3 Å². The first kappa shape index (κ1) is 22.2. The summed E-state index contributed by atoms with van der Waals surface area (Å²) in [5, 5.41) is 25.1. The molecule has 3 N–H and O–H groups in total. The number of ether oxygens (including phenoxy) is 1. The highest BCUT2D eigenvalue weighted by Gasteiger charge is 2.30. The van der Waals surface area contributed by atoms with Crippen LogP contribution < -0.4 is 15.4 Å². The minimum absolute atomic E-state index is 0.0530. The number of alkyl halides is 3. The van der Waals surface area contributed by atoms with Crippen molar-refractivity contribution in [3.8, 4) is 5.75 Å². The molecule has 8 nitrogen and oxygen atoms in total. The van der Waals surface area contributed by atoms with Gasteiger partial charge >= 0.3 is 12.2 Å². The second kappa shape index (κ2) is 9.43. The molecule has 12 heteroatoms. The van der Waals surface area contributed by atoms with E-state index in [1.807, 2.05) is 0 Å². The zero-order chi connectivity index (χ0) is 21.6. The predicted octanol–water partition coefficient (Wildman–Crippen LogP) is 3.83. The molecule has 29 heavy (non-hydrogen) atoms. The van der Waals surface area contributed by atoms with E-state index in [1.165, 1.54) is 18.2 Å². The molecule has 0 saturated heterocycles. The fourth-order valence-electron chi connectivity index (χ4n) is 2.11. The van der Waals surface area contributed by atoms with Crippen molar-refractivity contribution < 1.29 is 32.7 Å². The number of hydrogen-bond acceptors (Lipinski definition) is 5. The first-order valence-corrected chi connectivity index (χ1v) is 8.41. The summed E-state index contributed by atoms with van der Waals surface area (Å²) in [6.45, 7) is -0.630. The van der Waals surface area contributed by atoms with Crippen LogP contribution in [0.15, 0.2) is 42.5 Å². The van der Waals surface area contributed by atoms with Crippen molar-refractivity contribution in [2.24, 2.45) is 0 Å². The van der Waals surface area contributed by atoms with Crippen LogP contribution >= 0.6 is 11.6 Å². The van der Waals surface area contributed by atoms with E-state index in [0.717, 1.165) is 24.3 Å². The number of nitro benzene ring substituents is 1. The molecule has 2 rings (SSSR count). The normalized spacial score (nSPS) is 12.2. The summed E-state index contributed by atoms with van der Waals surface area (Å²) in [4.78, 5) is 21.8. The van der Waals surface area contributed by atoms with Crippen LogP contribution in [0.3, 0.4) is 0 Å². The summed E-state index contributed by atoms with van der Waals surface area (Å²) in [6, 6.07) is 6.87. The number of nitrogens with one attached hydrogen (secondary N) is 2. The van der Waals surface area contributed by atoms with Crippen LogP contribution in [0.25, 0.3) is 0 Å². The van der Waals surface area contributed by atoms with E-state index >= 15 is 0 Å². The highest BCUT2D eigenvalue weighted by Crippen LogP contribution is 2.31. The van der Waals surface area contributed by atoms with Crippen LogP contribution in [-0.4, -0.2) is 35.3 Å². The maximum Gasteiger partial charge on any atom is 0.416 e. The number of aliphatic hydroxyl groups excluding tert-OH is 1. The molecule has 0 aromatic heterocycles. The Morgan fingerprint density at radius 2 is 2.00 bits per heavy atom. The van der Waals surface area contributed by atoms with Crippen molar-refractivity contribution in [3.05, 3.63) is 63.2 Å². The van der Waals surface area contributed by atoms with Crippen LogP contribution in [-0.2, 0) is 6.18 Å². The van der Waals surface area contributed by atoms with Crippen molar-refractivity contribution in [1.29, 1.82) is 0 Å². The van der Waals surface area contributed by atoms with Gasteiger partial charge in [0.15, 0.2) is 0 Å². The molecule has 0 aliphatic rings. The zero-order valence-corrected chi connectivity index (χ0v) is 15.3. The molecule has 156 valence electrons. The van der Waals surface area contributed by atoms with E-state index in [0.29, 0.717) is 0 Å². The number of carbonyl (C=O) groups is 1. The van der Waals surface area contributed by atoms with Gasteiger partial charge in [0.25, 0.3) is 5.69 Å². The number of urea groups is 1. The molecule has 0 aliphatic carbocycles. The van der Waals surface area contributed by atoms with E-state index in [-0.39, 0.29) is 35.3 Å². The van der Waals surface area contributed by atoms with E-state index in [2.05, 4.69) is 10.6 Å². The maximum absolute atomic E-state index is 12.6. The van der Waals surface area contributed by atoms with Crippen LogP contribution in [0, 0.1) is 10.1 Å². The van der Waals surface area contributed by atoms with Crippen molar-refractivity contribution >= 4 is 29.0 Å². The molecule has 0 bridgehead atoms. The minimum atomic E-state index is -4.52. The van der Waals surface area contributed by atoms with Crippen LogP contribution in [0.1, 0.15) is 5.56 Å². The molecule has 1 atom stereocenters. The third-order valence-electron chi connectivity index (χ3n) is 3.51. The van der Waals surface area contributed by atoms with Crippen LogP contribution in [0.5, 0.6) is 5.75 Å². The number of benzene rings is 2. The van der Waals surface area contributed by atoms with Gasteiger partial charge in [-0.05, 0) is 24.3 Å². The Morgan fingerprint density at radius 3 is 2.62 bits per heavy atom. The molecule has 0 heterocycles. The van der Waals surface area contributed by atoms with Gasteiger partial charge in [-0.2, -0.15) is 13.2 Å². The van der Waals surface area contributed by atoms with Gasteiger partial charge in [0.2, 0.25) is 0 Å². The van der Waals surface area contributed by atoms with Gasteiger partial charge in [0, 0.05) is 18.7 Å². The number of nitro groups is 1.